The Morgan fingerprint density at radius 3 is 2.74 bits per heavy atom. The van der Waals surface area contributed by atoms with E-state index >= 15 is 0 Å². The van der Waals surface area contributed by atoms with Crippen LogP contribution >= 0.6 is 11.3 Å². The lowest BCUT2D eigenvalue weighted by Gasteiger charge is -2.04. The topological polar surface area (TPSA) is 96.0 Å². The minimum atomic E-state index is -0.673. The van der Waals surface area contributed by atoms with E-state index in [-0.39, 0.29) is 16.9 Å². The molecule has 0 saturated heterocycles. The molecule has 0 saturated carbocycles. The van der Waals surface area contributed by atoms with Crippen LogP contribution in [0.2, 0.25) is 0 Å². The number of nitriles is 1. The van der Waals surface area contributed by atoms with Gasteiger partial charge in [0.2, 0.25) is 0 Å². The van der Waals surface area contributed by atoms with Crippen molar-refractivity contribution in [1.82, 2.24) is 0 Å². The smallest absolute Gasteiger partial charge is 0.292 e. The van der Waals surface area contributed by atoms with Gasteiger partial charge in [-0.25, -0.2) is 0 Å². The van der Waals surface area contributed by atoms with Gasteiger partial charge in [0.1, 0.15) is 17.3 Å². The second-order valence-corrected chi connectivity index (χ2v) is 5.76. The number of nitro benzene ring substituents is 1. The van der Waals surface area contributed by atoms with Crippen LogP contribution in [0.25, 0.3) is 6.08 Å². The summed E-state index contributed by atoms with van der Waals surface area (Å²) >= 11 is 1.49. The molecule has 1 N–H and O–H groups in total. The second-order valence-electron chi connectivity index (χ2n) is 4.56. The van der Waals surface area contributed by atoms with E-state index in [9.17, 15) is 14.9 Å². The van der Waals surface area contributed by atoms with E-state index in [1.54, 1.807) is 6.07 Å². The fraction of sp³-hybridized carbons (Fsp3) is 0.125. The molecular weight excluding hydrogens is 314 g/mol. The van der Waals surface area contributed by atoms with E-state index in [0.29, 0.717) is 0 Å². The van der Waals surface area contributed by atoms with Gasteiger partial charge < -0.3 is 5.32 Å². The summed E-state index contributed by atoms with van der Waals surface area (Å²) in [7, 11) is 0. The van der Waals surface area contributed by atoms with E-state index in [0.717, 1.165) is 16.2 Å². The number of hydrogen-bond acceptors (Lipinski definition) is 5. The average molecular weight is 327 g/mol. The second kappa shape index (κ2) is 7.33. The van der Waals surface area contributed by atoms with Gasteiger partial charge in [0.05, 0.1) is 4.92 Å². The van der Waals surface area contributed by atoms with Crippen LogP contribution in [-0.4, -0.2) is 10.8 Å². The van der Waals surface area contributed by atoms with Crippen LogP contribution < -0.4 is 5.32 Å². The predicted octanol–water partition coefficient (Wildman–Crippen LogP) is 3.76. The first-order chi connectivity index (χ1) is 11.0. The molecule has 23 heavy (non-hydrogen) atoms. The van der Waals surface area contributed by atoms with Crippen LogP contribution in [0, 0.1) is 21.4 Å². The average Bonchev–Trinajstić information content (AvgIpc) is 3.00. The Hall–Kier alpha value is -2.98. The highest BCUT2D eigenvalue weighted by Crippen LogP contribution is 2.24. The molecule has 0 radical (unpaired) electrons. The van der Waals surface area contributed by atoms with Crippen molar-refractivity contribution in [2.24, 2.45) is 0 Å². The molecule has 0 aliphatic heterocycles. The zero-order chi connectivity index (χ0) is 16.8. The Balaban J connectivity index is 2.25. The van der Waals surface area contributed by atoms with Crippen molar-refractivity contribution in [3.63, 3.8) is 0 Å². The van der Waals surface area contributed by atoms with E-state index < -0.39 is 10.8 Å². The van der Waals surface area contributed by atoms with Crippen LogP contribution in [-0.2, 0) is 11.2 Å². The maximum atomic E-state index is 12.2. The Bertz CT molecular complexity index is 818. The number of anilines is 1. The number of nitrogens with one attached hydrogen (secondary N) is 1. The Labute approximate surface area is 136 Å². The summed E-state index contributed by atoms with van der Waals surface area (Å²) in [4.78, 5) is 24.5. The largest absolute Gasteiger partial charge is 0.316 e. The van der Waals surface area contributed by atoms with E-state index in [2.05, 4.69) is 5.32 Å². The molecule has 1 heterocycles. The molecule has 1 amide bonds. The fourth-order valence-electron chi connectivity index (χ4n) is 1.88. The molecule has 0 spiro atoms. The van der Waals surface area contributed by atoms with Crippen LogP contribution in [0.5, 0.6) is 0 Å². The summed E-state index contributed by atoms with van der Waals surface area (Å²) in [6.07, 6.45) is 2.36. The number of carbonyl (C=O) groups excluding carboxylic acids is 1. The van der Waals surface area contributed by atoms with Crippen molar-refractivity contribution in [3.8, 4) is 6.07 Å². The first-order valence-corrected chi connectivity index (χ1v) is 7.62. The molecular formula is C16H13N3O3S. The molecule has 0 bridgehead atoms. The van der Waals surface area contributed by atoms with Crippen molar-refractivity contribution >= 4 is 34.7 Å². The van der Waals surface area contributed by atoms with Crippen molar-refractivity contribution in [2.75, 3.05) is 5.32 Å². The van der Waals surface area contributed by atoms with E-state index in [1.165, 1.54) is 35.6 Å². The number of thiophene rings is 1. The van der Waals surface area contributed by atoms with Crippen LogP contribution in [0.1, 0.15) is 16.7 Å². The van der Waals surface area contributed by atoms with Gasteiger partial charge in [-0.1, -0.05) is 19.1 Å². The molecule has 0 fully saturated rings. The van der Waals surface area contributed by atoms with Gasteiger partial charge in [-0.05, 0) is 30.7 Å². The van der Waals surface area contributed by atoms with Crippen molar-refractivity contribution < 1.29 is 9.72 Å². The first kappa shape index (κ1) is 16.4. The first-order valence-electron chi connectivity index (χ1n) is 6.80. The Kier molecular flexibility index (Phi) is 5.23. The number of nitrogens with zero attached hydrogens (tertiary/aromatic N) is 2. The molecule has 2 aromatic rings. The fourth-order valence-corrected chi connectivity index (χ4v) is 2.78. The van der Waals surface area contributed by atoms with Crippen LogP contribution in [0.4, 0.5) is 11.4 Å². The third-order valence-corrected chi connectivity index (χ3v) is 4.21. The lowest BCUT2D eigenvalue weighted by molar-refractivity contribution is -0.383. The summed E-state index contributed by atoms with van der Waals surface area (Å²) in [5, 5.41) is 22.5. The molecule has 0 aliphatic rings. The molecule has 6 nitrogen and oxygen atoms in total. The number of aryl methyl sites for hydroxylation is 1. The number of rotatable bonds is 5. The minimum absolute atomic E-state index is 0.0593. The summed E-state index contributed by atoms with van der Waals surface area (Å²) in [5.41, 5.74) is -0.265. The lowest BCUT2D eigenvalue weighted by atomic mass is 10.2. The summed E-state index contributed by atoms with van der Waals surface area (Å²) < 4.78 is 0. The van der Waals surface area contributed by atoms with Gasteiger partial charge >= 0.3 is 0 Å². The Morgan fingerprint density at radius 1 is 1.39 bits per heavy atom. The Morgan fingerprint density at radius 2 is 2.13 bits per heavy atom. The number of carbonyl (C=O) groups is 1. The predicted molar refractivity (Wildman–Crippen MR) is 89.0 cm³/mol. The van der Waals surface area contributed by atoms with Gasteiger partial charge in [-0.15, -0.1) is 11.3 Å². The van der Waals surface area contributed by atoms with Gasteiger partial charge in [0.25, 0.3) is 11.6 Å². The highest BCUT2D eigenvalue weighted by atomic mass is 32.1. The summed E-state index contributed by atoms with van der Waals surface area (Å²) in [6.45, 7) is 2.02. The molecule has 1 aromatic carbocycles. The molecule has 0 unspecified atom stereocenters. The number of hydrogen-bond donors (Lipinski definition) is 1. The minimum Gasteiger partial charge on any atom is -0.316 e. The number of nitro groups is 1. The van der Waals surface area contributed by atoms with Gasteiger partial charge in [-0.3, -0.25) is 14.9 Å². The van der Waals surface area contributed by atoms with E-state index in [1.807, 2.05) is 25.1 Å². The van der Waals surface area contributed by atoms with Crippen molar-refractivity contribution in [2.45, 2.75) is 13.3 Å². The highest BCUT2D eigenvalue weighted by molar-refractivity contribution is 7.12. The third-order valence-electron chi connectivity index (χ3n) is 3.03. The molecule has 0 atom stereocenters. The number of benzene rings is 1. The maximum absolute atomic E-state index is 12.2. The monoisotopic (exact) mass is 327 g/mol. The third kappa shape index (κ3) is 4.02. The quantitative estimate of drug-likeness (QED) is 0.391. The zero-order valence-corrected chi connectivity index (χ0v) is 13.1. The summed E-state index contributed by atoms with van der Waals surface area (Å²) in [5.74, 6) is -0.673. The lowest BCUT2D eigenvalue weighted by Crippen LogP contribution is -2.14. The normalized spacial score (nSPS) is 10.9. The highest BCUT2D eigenvalue weighted by Gasteiger charge is 2.17. The van der Waals surface area contributed by atoms with Gasteiger partial charge in [0, 0.05) is 15.8 Å². The summed E-state index contributed by atoms with van der Waals surface area (Å²) in [6, 6.07) is 11.4. The standard InChI is InChI=1S/C16H13N3O3S/c1-2-12-7-8-13(23-12)9-11(10-17)16(20)18-14-5-3-4-6-15(14)19(21)22/h3-9H,2H2,1H3,(H,18,20)/b11-9+. The molecule has 2 rings (SSSR count). The van der Waals surface area contributed by atoms with Gasteiger partial charge in [-0.2, -0.15) is 5.26 Å². The van der Waals surface area contributed by atoms with E-state index in [4.69, 9.17) is 5.26 Å². The zero-order valence-electron chi connectivity index (χ0n) is 12.3. The van der Waals surface area contributed by atoms with Crippen molar-refractivity contribution in [1.29, 1.82) is 5.26 Å². The van der Waals surface area contributed by atoms with Crippen LogP contribution in [0.15, 0.2) is 42.0 Å². The maximum Gasteiger partial charge on any atom is 0.292 e. The number of amides is 1. The molecule has 7 heteroatoms. The molecule has 116 valence electrons. The molecule has 0 aliphatic carbocycles. The van der Waals surface area contributed by atoms with Gasteiger partial charge in [0.15, 0.2) is 0 Å². The van der Waals surface area contributed by atoms with Crippen LogP contribution in [0.3, 0.4) is 0 Å². The number of para-hydroxylation sites is 2. The molecule has 1 aromatic heterocycles. The SMILES string of the molecule is CCc1ccc(/C=C(\C#N)C(=O)Nc2ccccc2[N+](=O)[O-])s1. The van der Waals surface area contributed by atoms with Crippen molar-refractivity contribution in [3.05, 3.63) is 61.8 Å².